The van der Waals surface area contributed by atoms with Gasteiger partial charge in [-0.2, -0.15) is 13.2 Å². The summed E-state index contributed by atoms with van der Waals surface area (Å²) in [6, 6.07) is 10.5. The molecule has 0 bridgehead atoms. The lowest BCUT2D eigenvalue weighted by Crippen LogP contribution is -2.44. The molecule has 0 aliphatic carbocycles. The normalized spacial score (nSPS) is 15.3. The third kappa shape index (κ3) is 6.64. The van der Waals surface area contributed by atoms with E-state index in [4.69, 9.17) is 0 Å². The first-order valence-electron chi connectivity index (χ1n) is 11.3. The zero-order valence-corrected chi connectivity index (χ0v) is 19.0. The Morgan fingerprint density at radius 2 is 1.76 bits per heavy atom. The highest BCUT2D eigenvalue weighted by Gasteiger charge is 2.30. The molecule has 2 N–H and O–H groups in total. The van der Waals surface area contributed by atoms with Crippen molar-refractivity contribution in [3.63, 3.8) is 0 Å². The summed E-state index contributed by atoms with van der Waals surface area (Å²) in [5.74, 6) is 0.970. The monoisotopic (exact) mass is 471 g/mol. The largest absolute Gasteiger partial charge is 0.416 e. The van der Waals surface area contributed by atoms with E-state index in [0.29, 0.717) is 5.69 Å². The van der Waals surface area contributed by atoms with Gasteiger partial charge < -0.3 is 20.4 Å². The van der Waals surface area contributed by atoms with Crippen LogP contribution in [0.3, 0.4) is 0 Å². The average molecular weight is 472 g/mol. The fraction of sp³-hybridized carbons (Fsp3) is 0.375. The number of aromatic nitrogens is 3. The molecule has 34 heavy (non-hydrogen) atoms. The molecule has 7 nitrogen and oxygen atoms in total. The number of rotatable bonds is 8. The smallest absolute Gasteiger partial charge is 0.370 e. The number of benzene rings is 1. The summed E-state index contributed by atoms with van der Waals surface area (Å²) in [7, 11) is 2.15. The van der Waals surface area contributed by atoms with Crippen LogP contribution in [-0.2, 0) is 6.18 Å². The number of pyridine rings is 1. The molecule has 2 aromatic heterocycles. The van der Waals surface area contributed by atoms with Gasteiger partial charge in [-0.25, -0.2) is 15.0 Å². The third-order valence-electron chi connectivity index (χ3n) is 5.71. The van der Waals surface area contributed by atoms with Gasteiger partial charge in [-0.1, -0.05) is 6.07 Å². The number of alkyl halides is 3. The van der Waals surface area contributed by atoms with Gasteiger partial charge in [0.1, 0.15) is 5.82 Å². The molecule has 0 amide bonds. The fourth-order valence-corrected chi connectivity index (χ4v) is 3.76. The van der Waals surface area contributed by atoms with E-state index in [1.54, 1.807) is 24.5 Å². The molecule has 1 aromatic carbocycles. The molecule has 1 aliphatic rings. The minimum absolute atomic E-state index is 0.218. The fourth-order valence-electron chi connectivity index (χ4n) is 3.76. The lowest BCUT2D eigenvalue weighted by molar-refractivity contribution is -0.137. The maximum Gasteiger partial charge on any atom is 0.416 e. The van der Waals surface area contributed by atoms with Crippen LogP contribution in [0, 0.1) is 0 Å². The van der Waals surface area contributed by atoms with E-state index >= 15 is 0 Å². The van der Waals surface area contributed by atoms with Crippen molar-refractivity contribution in [1.29, 1.82) is 0 Å². The molecule has 4 rings (SSSR count). The molecular formula is C24H28F3N7. The predicted molar refractivity (Wildman–Crippen MR) is 127 cm³/mol. The third-order valence-corrected chi connectivity index (χ3v) is 5.71. The van der Waals surface area contributed by atoms with E-state index in [0.717, 1.165) is 69.2 Å². The van der Waals surface area contributed by atoms with Gasteiger partial charge in [0.05, 0.1) is 11.3 Å². The molecule has 0 spiro atoms. The molecule has 0 atom stereocenters. The van der Waals surface area contributed by atoms with Crippen molar-refractivity contribution in [2.45, 2.75) is 12.6 Å². The first-order chi connectivity index (χ1) is 16.4. The zero-order valence-electron chi connectivity index (χ0n) is 19.0. The Balaban J connectivity index is 1.35. The van der Waals surface area contributed by atoms with Crippen molar-refractivity contribution in [1.82, 2.24) is 24.8 Å². The quantitative estimate of drug-likeness (QED) is 0.474. The highest BCUT2D eigenvalue weighted by atomic mass is 19.4. The molecule has 1 aliphatic heterocycles. The van der Waals surface area contributed by atoms with Crippen molar-refractivity contribution in [3.8, 4) is 11.3 Å². The Morgan fingerprint density at radius 1 is 0.971 bits per heavy atom. The maximum absolute atomic E-state index is 13.0. The highest BCUT2D eigenvalue weighted by Crippen LogP contribution is 2.31. The molecular weight excluding hydrogens is 443 g/mol. The van der Waals surface area contributed by atoms with Crippen LogP contribution in [0.4, 0.5) is 30.6 Å². The molecule has 10 heteroatoms. The van der Waals surface area contributed by atoms with Gasteiger partial charge in [-0.05, 0) is 56.4 Å². The Kier molecular flexibility index (Phi) is 7.59. The van der Waals surface area contributed by atoms with Gasteiger partial charge in [0.25, 0.3) is 0 Å². The van der Waals surface area contributed by atoms with Crippen LogP contribution in [0.5, 0.6) is 0 Å². The van der Waals surface area contributed by atoms with Crippen LogP contribution >= 0.6 is 0 Å². The number of likely N-dealkylation sites (N-methyl/N-ethyl adjacent to an activating group) is 1. The summed E-state index contributed by atoms with van der Waals surface area (Å²) < 4.78 is 38.9. The van der Waals surface area contributed by atoms with E-state index in [9.17, 15) is 13.2 Å². The summed E-state index contributed by atoms with van der Waals surface area (Å²) >= 11 is 0. The standard InChI is InChI=1S/C24H28F3N7/c1-33-12-14-34(15-13-33)11-3-8-28-22-16-18(6-9-29-22)21-7-10-30-23(32-21)31-20-5-2-4-19(17-20)24(25,26)27/h2,4-7,9-10,16-17H,3,8,11-15H2,1H3,(H,28,29)(H,30,31,32). The van der Waals surface area contributed by atoms with Crippen LogP contribution in [-0.4, -0.2) is 71.1 Å². The minimum atomic E-state index is -4.41. The molecule has 0 saturated carbocycles. The van der Waals surface area contributed by atoms with Crippen molar-refractivity contribution in [3.05, 3.63) is 60.4 Å². The Bertz CT molecular complexity index is 1080. The highest BCUT2D eigenvalue weighted by molar-refractivity contribution is 5.64. The lowest BCUT2D eigenvalue weighted by atomic mass is 10.2. The lowest BCUT2D eigenvalue weighted by Gasteiger charge is -2.32. The van der Waals surface area contributed by atoms with Crippen molar-refractivity contribution < 1.29 is 13.2 Å². The Labute approximate surface area is 197 Å². The molecule has 1 saturated heterocycles. The van der Waals surface area contributed by atoms with Gasteiger partial charge in [0, 0.05) is 56.4 Å². The number of nitrogens with one attached hydrogen (secondary N) is 2. The molecule has 1 fully saturated rings. The Morgan fingerprint density at radius 3 is 2.56 bits per heavy atom. The van der Waals surface area contributed by atoms with Crippen LogP contribution < -0.4 is 10.6 Å². The van der Waals surface area contributed by atoms with Gasteiger partial charge in [0.15, 0.2) is 0 Å². The minimum Gasteiger partial charge on any atom is -0.370 e. The second-order valence-electron chi connectivity index (χ2n) is 8.32. The van der Waals surface area contributed by atoms with Crippen molar-refractivity contribution in [2.24, 2.45) is 0 Å². The average Bonchev–Trinajstić information content (AvgIpc) is 2.83. The van der Waals surface area contributed by atoms with E-state index in [2.05, 4.69) is 42.4 Å². The number of hydrogen-bond donors (Lipinski definition) is 2. The van der Waals surface area contributed by atoms with E-state index in [-0.39, 0.29) is 11.6 Å². The van der Waals surface area contributed by atoms with Crippen LogP contribution in [0.1, 0.15) is 12.0 Å². The SMILES string of the molecule is CN1CCN(CCCNc2cc(-c3ccnc(Nc4cccc(C(F)(F)F)c4)n3)ccn2)CC1. The van der Waals surface area contributed by atoms with Gasteiger partial charge in [0.2, 0.25) is 5.95 Å². The second kappa shape index (κ2) is 10.8. The van der Waals surface area contributed by atoms with E-state index < -0.39 is 11.7 Å². The molecule has 0 unspecified atom stereocenters. The second-order valence-corrected chi connectivity index (χ2v) is 8.32. The number of hydrogen-bond acceptors (Lipinski definition) is 7. The summed E-state index contributed by atoms with van der Waals surface area (Å²) in [5, 5.41) is 6.22. The van der Waals surface area contributed by atoms with Crippen LogP contribution in [0.15, 0.2) is 54.9 Å². The van der Waals surface area contributed by atoms with Crippen LogP contribution in [0.25, 0.3) is 11.3 Å². The predicted octanol–water partition coefficient (Wildman–Crippen LogP) is 4.35. The van der Waals surface area contributed by atoms with Crippen molar-refractivity contribution >= 4 is 17.5 Å². The van der Waals surface area contributed by atoms with Gasteiger partial charge in [-0.3, -0.25) is 0 Å². The number of nitrogens with zero attached hydrogens (tertiary/aromatic N) is 5. The van der Waals surface area contributed by atoms with Gasteiger partial charge >= 0.3 is 6.18 Å². The summed E-state index contributed by atoms with van der Waals surface area (Å²) in [6.45, 7) is 6.30. The molecule has 3 heterocycles. The molecule has 180 valence electrons. The summed E-state index contributed by atoms with van der Waals surface area (Å²) in [4.78, 5) is 17.8. The van der Waals surface area contributed by atoms with E-state index in [1.807, 2.05) is 12.1 Å². The van der Waals surface area contributed by atoms with Gasteiger partial charge in [-0.15, -0.1) is 0 Å². The first kappa shape index (κ1) is 23.9. The molecule has 3 aromatic rings. The van der Waals surface area contributed by atoms with E-state index in [1.165, 1.54) is 6.07 Å². The summed E-state index contributed by atoms with van der Waals surface area (Å²) in [6.07, 6.45) is -0.110. The number of anilines is 3. The number of piperazine rings is 1. The zero-order chi connectivity index (χ0) is 24.0. The molecule has 0 radical (unpaired) electrons. The summed E-state index contributed by atoms with van der Waals surface area (Å²) in [5.41, 5.74) is 1.02. The number of halogens is 3. The van der Waals surface area contributed by atoms with Crippen molar-refractivity contribution in [2.75, 3.05) is 56.9 Å². The first-order valence-corrected chi connectivity index (χ1v) is 11.3. The topological polar surface area (TPSA) is 69.2 Å². The maximum atomic E-state index is 13.0. The Hall–Kier alpha value is -3.24. The van der Waals surface area contributed by atoms with Crippen LogP contribution in [0.2, 0.25) is 0 Å².